The molecule has 2 aromatic carbocycles. The molecule has 4 aliphatic rings. The van der Waals surface area contributed by atoms with Crippen LogP contribution in [0.4, 0.5) is 5.13 Å². The molecule has 1 saturated heterocycles. The molecule has 2 heterocycles. The van der Waals surface area contributed by atoms with Crippen LogP contribution >= 0.6 is 11.3 Å². The Morgan fingerprint density at radius 3 is 2.17 bits per heavy atom. The molecule has 2 bridgehead atoms. The minimum absolute atomic E-state index is 0.264. The van der Waals surface area contributed by atoms with E-state index in [0.717, 1.165) is 16.0 Å². The van der Waals surface area contributed by atoms with Gasteiger partial charge in [0.05, 0.1) is 5.92 Å². The molecule has 2 atom stereocenters. The van der Waals surface area contributed by atoms with Crippen molar-refractivity contribution in [3.8, 4) is 0 Å². The molecule has 29 heavy (non-hydrogen) atoms. The Kier molecular flexibility index (Phi) is 3.06. The van der Waals surface area contributed by atoms with Gasteiger partial charge in [-0.1, -0.05) is 48.5 Å². The van der Waals surface area contributed by atoms with Crippen molar-refractivity contribution in [1.82, 2.24) is 4.98 Å². The van der Waals surface area contributed by atoms with E-state index in [2.05, 4.69) is 4.98 Å². The van der Waals surface area contributed by atoms with Gasteiger partial charge in [-0.2, -0.15) is 0 Å². The Labute approximate surface area is 168 Å². The second-order valence-corrected chi connectivity index (χ2v) is 8.38. The molecule has 0 spiro atoms. The molecule has 0 unspecified atom stereocenters. The van der Waals surface area contributed by atoms with Crippen LogP contribution < -0.4 is 4.90 Å². The first-order valence-corrected chi connectivity index (χ1v) is 10.1. The number of amides is 2. The highest BCUT2D eigenvalue weighted by atomic mass is 32.1. The standard InChI is InChI=1S/C21H13N3O4S/c25-18-16-15-11-5-1-3-7-13(11)21(24(27)28,14-8-4-2-6-12(14)15)17(16)19(26)23(18)20-22-9-10-29-20/h1-10,15-17H/t15?,16-,17+,21?/m1/s1. The van der Waals surface area contributed by atoms with Crippen LogP contribution in [0.2, 0.25) is 0 Å². The van der Waals surface area contributed by atoms with Gasteiger partial charge in [-0.25, -0.2) is 9.88 Å². The zero-order valence-corrected chi connectivity index (χ0v) is 15.7. The van der Waals surface area contributed by atoms with Crippen molar-refractivity contribution < 1.29 is 14.5 Å². The van der Waals surface area contributed by atoms with E-state index >= 15 is 0 Å². The number of nitro groups is 1. The lowest BCUT2D eigenvalue weighted by atomic mass is 9.51. The number of hydrogen-bond donors (Lipinski definition) is 0. The number of nitrogens with zero attached hydrogens (tertiary/aromatic N) is 3. The normalized spacial score (nSPS) is 28.8. The summed E-state index contributed by atoms with van der Waals surface area (Å²) in [6, 6.07) is 14.3. The average Bonchev–Trinajstić information content (AvgIpc) is 3.35. The topological polar surface area (TPSA) is 93.4 Å². The molecule has 3 aromatic rings. The summed E-state index contributed by atoms with van der Waals surface area (Å²) in [7, 11) is 0. The Balaban J connectivity index is 1.72. The van der Waals surface area contributed by atoms with Crippen molar-refractivity contribution in [3.05, 3.63) is 92.5 Å². The maximum absolute atomic E-state index is 13.5. The highest BCUT2D eigenvalue weighted by Crippen LogP contribution is 2.64. The number of carbonyl (C=O) groups is 2. The Morgan fingerprint density at radius 1 is 1.00 bits per heavy atom. The summed E-state index contributed by atoms with van der Waals surface area (Å²) in [6.07, 6.45) is 1.52. The third kappa shape index (κ3) is 1.72. The fourth-order valence-corrected chi connectivity index (χ4v) is 6.21. The second kappa shape index (κ2) is 5.36. The van der Waals surface area contributed by atoms with Crippen molar-refractivity contribution in [1.29, 1.82) is 0 Å². The van der Waals surface area contributed by atoms with Crippen LogP contribution in [0.1, 0.15) is 28.2 Å². The molecule has 7 rings (SSSR count). The van der Waals surface area contributed by atoms with Crippen molar-refractivity contribution in [2.45, 2.75) is 11.5 Å². The maximum atomic E-state index is 13.5. The zero-order chi connectivity index (χ0) is 19.9. The van der Waals surface area contributed by atoms with Gasteiger partial charge in [0.1, 0.15) is 5.92 Å². The van der Waals surface area contributed by atoms with Gasteiger partial charge < -0.3 is 0 Å². The first-order chi connectivity index (χ1) is 14.1. The van der Waals surface area contributed by atoms with Crippen molar-refractivity contribution >= 4 is 28.3 Å². The molecule has 0 radical (unpaired) electrons. The summed E-state index contributed by atoms with van der Waals surface area (Å²) in [4.78, 5) is 44.6. The minimum Gasteiger partial charge on any atom is -0.274 e. The molecule has 1 fully saturated rings. The first kappa shape index (κ1) is 16.6. The lowest BCUT2D eigenvalue weighted by Gasteiger charge is -2.48. The van der Waals surface area contributed by atoms with E-state index in [1.807, 2.05) is 24.3 Å². The van der Waals surface area contributed by atoms with E-state index in [-0.39, 0.29) is 10.1 Å². The third-order valence-corrected chi connectivity index (χ3v) is 7.23. The number of carbonyl (C=O) groups excluding carboxylic acids is 2. The van der Waals surface area contributed by atoms with E-state index in [4.69, 9.17) is 0 Å². The van der Waals surface area contributed by atoms with Crippen LogP contribution in [-0.4, -0.2) is 21.7 Å². The van der Waals surface area contributed by atoms with Gasteiger partial charge in [0.2, 0.25) is 11.8 Å². The highest BCUT2D eigenvalue weighted by Gasteiger charge is 2.75. The van der Waals surface area contributed by atoms with E-state index in [0.29, 0.717) is 11.1 Å². The van der Waals surface area contributed by atoms with Gasteiger partial charge in [0.15, 0.2) is 5.13 Å². The van der Waals surface area contributed by atoms with Crippen molar-refractivity contribution in [2.75, 3.05) is 4.90 Å². The average molecular weight is 403 g/mol. The van der Waals surface area contributed by atoms with Crippen LogP contribution in [0.15, 0.2) is 60.1 Å². The number of imide groups is 1. The summed E-state index contributed by atoms with van der Waals surface area (Å²) in [6.45, 7) is 0. The molecule has 1 aromatic heterocycles. The van der Waals surface area contributed by atoms with Crippen LogP contribution in [0.5, 0.6) is 0 Å². The number of thiazole rings is 1. The lowest BCUT2D eigenvalue weighted by Crippen LogP contribution is -2.57. The van der Waals surface area contributed by atoms with E-state index in [1.54, 1.807) is 29.6 Å². The van der Waals surface area contributed by atoms with E-state index in [1.165, 1.54) is 17.5 Å². The smallest absolute Gasteiger partial charge is 0.274 e. The predicted molar refractivity (Wildman–Crippen MR) is 104 cm³/mol. The molecule has 0 N–H and O–H groups in total. The van der Waals surface area contributed by atoms with E-state index in [9.17, 15) is 19.7 Å². The van der Waals surface area contributed by atoms with Crippen LogP contribution in [-0.2, 0) is 15.1 Å². The molecule has 7 nitrogen and oxygen atoms in total. The highest BCUT2D eigenvalue weighted by molar-refractivity contribution is 7.14. The van der Waals surface area contributed by atoms with Gasteiger partial charge in [0.25, 0.3) is 5.54 Å². The summed E-state index contributed by atoms with van der Waals surface area (Å²) in [5.74, 6) is -3.25. The van der Waals surface area contributed by atoms with Crippen LogP contribution in [0.3, 0.4) is 0 Å². The summed E-state index contributed by atoms with van der Waals surface area (Å²) in [5, 5.41) is 14.7. The molecular formula is C21H13N3O4S. The van der Waals surface area contributed by atoms with Gasteiger partial charge in [-0.3, -0.25) is 19.7 Å². The summed E-state index contributed by atoms with van der Waals surface area (Å²) in [5.41, 5.74) is 0.748. The monoisotopic (exact) mass is 403 g/mol. The number of anilines is 1. The van der Waals surface area contributed by atoms with Gasteiger partial charge in [0, 0.05) is 33.5 Å². The molecule has 142 valence electrons. The van der Waals surface area contributed by atoms with Gasteiger partial charge >= 0.3 is 0 Å². The van der Waals surface area contributed by atoms with Crippen molar-refractivity contribution in [2.24, 2.45) is 11.8 Å². The largest absolute Gasteiger partial charge is 0.285 e. The van der Waals surface area contributed by atoms with Crippen LogP contribution in [0.25, 0.3) is 0 Å². The molecule has 2 amide bonds. The minimum atomic E-state index is -1.79. The lowest BCUT2D eigenvalue weighted by molar-refractivity contribution is -0.578. The SMILES string of the molecule is O=C1[C@@H]2C3c4ccccc4C([N+](=O)[O-])(c4ccccc43)[C@@H]2C(=O)N1c1nccs1. The molecule has 1 aliphatic heterocycles. The summed E-state index contributed by atoms with van der Waals surface area (Å²) < 4.78 is 0. The Hall–Kier alpha value is -3.39. The predicted octanol–water partition coefficient (Wildman–Crippen LogP) is 2.93. The quantitative estimate of drug-likeness (QED) is 0.373. The molecule has 0 saturated carbocycles. The number of aromatic nitrogens is 1. The number of benzene rings is 2. The molecule has 8 heteroatoms. The Bertz CT molecular complexity index is 1170. The molecule has 3 aliphatic carbocycles. The Morgan fingerprint density at radius 2 is 1.62 bits per heavy atom. The third-order valence-electron chi connectivity index (χ3n) is 6.47. The number of hydrogen-bond acceptors (Lipinski definition) is 6. The number of rotatable bonds is 2. The van der Waals surface area contributed by atoms with Gasteiger partial charge in [-0.15, -0.1) is 11.3 Å². The van der Waals surface area contributed by atoms with E-state index < -0.39 is 35.1 Å². The maximum Gasteiger partial charge on any atom is 0.285 e. The fraction of sp³-hybridized carbons (Fsp3) is 0.190. The first-order valence-electron chi connectivity index (χ1n) is 9.19. The van der Waals surface area contributed by atoms with Crippen molar-refractivity contribution in [3.63, 3.8) is 0 Å². The zero-order valence-electron chi connectivity index (χ0n) is 14.9. The molecular weight excluding hydrogens is 390 g/mol. The fourth-order valence-electron chi connectivity index (χ4n) is 5.56. The second-order valence-electron chi connectivity index (χ2n) is 7.51. The summed E-state index contributed by atoms with van der Waals surface area (Å²) >= 11 is 1.17. The van der Waals surface area contributed by atoms with Gasteiger partial charge in [-0.05, 0) is 11.1 Å². The van der Waals surface area contributed by atoms with Crippen LogP contribution in [0, 0.1) is 22.0 Å².